The van der Waals surface area contributed by atoms with Crippen molar-refractivity contribution in [1.29, 1.82) is 0 Å². The van der Waals surface area contributed by atoms with E-state index in [4.69, 9.17) is 4.74 Å². The molecule has 0 spiro atoms. The van der Waals surface area contributed by atoms with E-state index >= 15 is 0 Å². The third-order valence-corrected chi connectivity index (χ3v) is 7.14. The summed E-state index contributed by atoms with van der Waals surface area (Å²) in [7, 11) is 5.93. The lowest BCUT2D eigenvalue weighted by Gasteiger charge is -2.33. The third kappa shape index (κ3) is 3.72. The van der Waals surface area contributed by atoms with Crippen molar-refractivity contribution in [3.63, 3.8) is 0 Å². The molecule has 1 aliphatic carbocycles. The number of nitrogens with one attached hydrogen (secondary N) is 1. The fourth-order valence-corrected chi connectivity index (χ4v) is 5.30. The summed E-state index contributed by atoms with van der Waals surface area (Å²) in [6, 6.07) is 7.13. The van der Waals surface area contributed by atoms with Crippen molar-refractivity contribution in [2.75, 3.05) is 21.2 Å². The Kier molecular flexibility index (Phi) is 5.48. The normalized spacial score (nSPS) is 19.2. The SMILES string of the molecule is COc1cc(-c2cc3[nH]c(=O)n([C@H]4CC[C@H](N(C)C)CC4)c3cc2C(C)C)cn2ncnc12. The molecule has 33 heavy (non-hydrogen) atoms. The van der Waals surface area contributed by atoms with Gasteiger partial charge in [-0.25, -0.2) is 14.3 Å². The summed E-state index contributed by atoms with van der Waals surface area (Å²) in [4.78, 5) is 22.8. The van der Waals surface area contributed by atoms with Gasteiger partial charge in [-0.1, -0.05) is 13.8 Å². The van der Waals surface area contributed by atoms with Crippen LogP contribution < -0.4 is 10.4 Å². The van der Waals surface area contributed by atoms with Crippen LogP contribution in [-0.2, 0) is 0 Å². The molecule has 0 radical (unpaired) electrons. The zero-order valence-corrected chi connectivity index (χ0v) is 20.0. The lowest BCUT2D eigenvalue weighted by molar-refractivity contribution is 0.195. The Morgan fingerprint density at radius 1 is 1.15 bits per heavy atom. The number of nitrogens with zero attached hydrogens (tertiary/aromatic N) is 5. The predicted molar refractivity (Wildman–Crippen MR) is 130 cm³/mol. The van der Waals surface area contributed by atoms with E-state index in [1.54, 1.807) is 11.6 Å². The Balaban J connectivity index is 1.63. The smallest absolute Gasteiger partial charge is 0.326 e. The molecule has 3 heterocycles. The first kappa shape index (κ1) is 21.7. The minimum Gasteiger partial charge on any atom is -0.493 e. The molecule has 174 valence electrons. The van der Waals surface area contributed by atoms with E-state index in [1.165, 1.54) is 11.9 Å². The molecule has 0 aliphatic heterocycles. The standard InChI is InChI=1S/C25H32N6O2/c1-15(2)19-12-22-21(28-25(32)31(22)18-8-6-17(7-9-18)29(3)4)11-20(19)16-10-23(33-5)24-26-14-27-30(24)13-16/h10-15,17-18H,6-9H2,1-5H3,(H,28,32)/t17-,18-. The maximum absolute atomic E-state index is 13.1. The van der Waals surface area contributed by atoms with Crippen molar-refractivity contribution >= 4 is 16.7 Å². The van der Waals surface area contributed by atoms with E-state index < -0.39 is 0 Å². The van der Waals surface area contributed by atoms with E-state index in [0.717, 1.165) is 47.8 Å². The van der Waals surface area contributed by atoms with E-state index in [2.05, 4.69) is 60.0 Å². The summed E-state index contributed by atoms with van der Waals surface area (Å²) in [6.07, 6.45) is 7.77. The topological polar surface area (TPSA) is 80.5 Å². The summed E-state index contributed by atoms with van der Waals surface area (Å²) in [6.45, 7) is 4.38. The van der Waals surface area contributed by atoms with Crippen LogP contribution in [0.15, 0.2) is 35.5 Å². The van der Waals surface area contributed by atoms with Crippen LogP contribution in [0, 0.1) is 0 Å². The number of hydrogen-bond acceptors (Lipinski definition) is 5. The lowest BCUT2D eigenvalue weighted by atomic mass is 9.89. The number of rotatable bonds is 5. The predicted octanol–water partition coefficient (Wildman–Crippen LogP) is 4.22. The van der Waals surface area contributed by atoms with Gasteiger partial charge < -0.3 is 14.6 Å². The number of benzene rings is 1. The van der Waals surface area contributed by atoms with E-state index in [0.29, 0.717) is 17.4 Å². The van der Waals surface area contributed by atoms with Gasteiger partial charge in [0.2, 0.25) is 0 Å². The van der Waals surface area contributed by atoms with Gasteiger partial charge in [-0.2, -0.15) is 5.10 Å². The highest BCUT2D eigenvalue weighted by Crippen LogP contribution is 2.37. The van der Waals surface area contributed by atoms with Gasteiger partial charge >= 0.3 is 5.69 Å². The molecule has 1 N–H and O–H groups in total. The van der Waals surface area contributed by atoms with Gasteiger partial charge in [-0.15, -0.1) is 0 Å². The molecule has 5 rings (SSSR count). The van der Waals surface area contributed by atoms with Crippen molar-refractivity contribution in [1.82, 2.24) is 29.0 Å². The molecular weight excluding hydrogens is 416 g/mol. The first-order chi connectivity index (χ1) is 15.9. The molecule has 0 amide bonds. The Morgan fingerprint density at radius 3 is 2.58 bits per heavy atom. The fourth-order valence-electron chi connectivity index (χ4n) is 5.30. The molecular formula is C25H32N6O2. The van der Waals surface area contributed by atoms with Gasteiger partial charge in [-0.05, 0) is 75.0 Å². The molecule has 8 heteroatoms. The molecule has 8 nitrogen and oxygen atoms in total. The summed E-state index contributed by atoms with van der Waals surface area (Å²) < 4.78 is 9.31. The molecule has 4 aromatic rings. The summed E-state index contributed by atoms with van der Waals surface area (Å²) in [5, 5.41) is 4.31. The first-order valence-corrected chi connectivity index (χ1v) is 11.7. The highest BCUT2D eigenvalue weighted by Gasteiger charge is 2.26. The Hall–Kier alpha value is -3.13. The zero-order valence-electron chi connectivity index (χ0n) is 20.0. The highest BCUT2D eigenvalue weighted by molar-refractivity contribution is 5.85. The number of methoxy groups -OCH3 is 1. The maximum Gasteiger partial charge on any atom is 0.326 e. The van der Waals surface area contributed by atoms with Crippen LogP contribution >= 0.6 is 0 Å². The van der Waals surface area contributed by atoms with E-state index in [9.17, 15) is 4.79 Å². The molecule has 0 atom stereocenters. The van der Waals surface area contributed by atoms with Crippen molar-refractivity contribution in [2.45, 2.75) is 57.5 Å². The Labute approximate surface area is 193 Å². The van der Waals surface area contributed by atoms with Gasteiger partial charge in [0.05, 0.1) is 18.1 Å². The van der Waals surface area contributed by atoms with Crippen LogP contribution in [-0.4, -0.2) is 56.3 Å². The molecule has 0 bridgehead atoms. The van der Waals surface area contributed by atoms with Crippen LogP contribution in [0.5, 0.6) is 5.75 Å². The van der Waals surface area contributed by atoms with Crippen molar-refractivity contribution in [2.24, 2.45) is 0 Å². The van der Waals surface area contributed by atoms with Crippen LogP contribution in [0.25, 0.3) is 27.8 Å². The van der Waals surface area contributed by atoms with Gasteiger partial charge in [0, 0.05) is 23.8 Å². The maximum atomic E-state index is 13.1. The van der Waals surface area contributed by atoms with Gasteiger partial charge in [0.15, 0.2) is 11.4 Å². The number of pyridine rings is 1. The molecule has 0 saturated heterocycles. The van der Waals surface area contributed by atoms with Crippen LogP contribution in [0.1, 0.15) is 57.1 Å². The van der Waals surface area contributed by atoms with E-state index in [1.807, 2.05) is 16.8 Å². The minimum absolute atomic E-state index is 0.0190. The second-order valence-electron chi connectivity index (χ2n) is 9.66. The minimum atomic E-state index is -0.0190. The monoisotopic (exact) mass is 448 g/mol. The average molecular weight is 449 g/mol. The quantitative estimate of drug-likeness (QED) is 0.495. The summed E-state index contributed by atoms with van der Waals surface area (Å²) >= 11 is 0. The van der Waals surface area contributed by atoms with Gasteiger partial charge in [0.25, 0.3) is 0 Å². The Bertz CT molecular complexity index is 1350. The van der Waals surface area contributed by atoms with Crippen LogP contribution in [0.3, 0.4) is 0 Å². The largest absolute Gasteiger partial charge is 0.493 e. The summed E-state index contributed by atoms with van der Waals surface area (Å²) in [5.74, 6) is 0.952. The average Bonchev–Trinajstić information content (AvgIpc) is 3.40. The Morgan fingerprint density at radius 2 is 1.91 bits per heavy atom. The van der Waals surface area contributed by atoms with Gasteiger partial charge in [0.1, 0.15) is 6.33 Å². The van der Waals surface area contributed by atoms with E-state index in [-0.39, 0.29) is 17.6 Å². The van der Waals surface area contributed by atoms with Crippen LogP contribution in [0.4, 0.5) is 0 Å². The molecule has 1 aromatic carbocycles. The number of hydrogen-bond donors (Lipinski definition) is 1. The second kappa shape index (κ2) is 8.33. The molecule has 1 aliphatic rings. The number of aromatic amines is 1. The van der Waals surface area contributed by atoms with Gasteiger partial charge in [-0.3, -0.25) is 4.57 Å². The number of imidazole rings is 1. The number of aromatic nitrogens is 5. The molecule has 3 aromatic heterocycles. The van der Waals surface area contributed by atoms with Crippen LogP contribution in [0.2, 0.25) is 0 Å². The number of fused-ring (bicyclic) bond motifs is 2. The fraction of sp³-hybridized carbons (Fsp3) is 0.480. The lowest BCUT2D eigenvalue weighted by Crippen LogP contribution is -2.34. The third-order valence-electron chi connectivity index (χ3n) is 7.14. The van der Waals surface area contributed by atoms with Crippen molar-refractivity contribution in [3.05, 3.63) is 46.8 Å². The molecule has 1 saturated carbocycles. The second-order valence-corrected chi connectivity index (χ2v) is 9.66. The number of ether oxygens (including phenoxy) is 1. The summed E-state index contributed by atoms with van der Waals surface area (Å²) in [5.41, 5.74) is 5.77. The van der Waals surface area contributed by atoms with Crippen molar-refractivity contribution < 1.29 is 4.74 Å². The highest BCUT2D eigenvalue weighted by atomic mass is 16.5. The number of H-pyrrole nitrogens is 1. The van der Waals surface area contributed by atoms with Crippen molar-refractivity contribution in [3.8, 4) is 16.9 Å². The first-order valence-electron chi connectivity index (χ1n) is 11.7. The molecule has 1 fully saturated rings. The zero-order chi connectivity index (χ0) is 23.3. The molecule has 0 unspecified atom stereocenters.